The van der Waals surface area contributed by atoms with Crippen molar-refractivity contribution >= 4 is 21.1 Å². The number of benzene rings is 1. The predicted octanol–water partition coefficient (Wildman–Crippen LogP) is 3.11. The minimum Gasteiger partial charge on any atom is -0.415 e. The van der Waals surface area contributed by atoms with E-state index in [1.54, 1.807) is 0 Å². The molecule has 0 N–H and O–H groups in total. The number of nitrogens with zero attached hydrogens (tertiary/aromatic N) is 6. The summed E-state index contributed by atoms with van der Waals surface area (Å²) in [5, 5.41) is 6.82. The Balaban J connectivity index is 1.48. The Morgan fingerprint density at radius 1 is 1.08 bits per heavy atom. The second kappa shape index (κ2) is 9.37. The van der Waals surface area contributed by atoms with E-state index in [9.17, 15) is 30.8 Å². The fourth-order valence-corrected chi connectivity index (χ4v) is 5.33. The van der Waals surface area contributed by atoms with Crippen LogP contribution in [0.25, 0.3) is 22.5 Å². The molecule has 37 heavy (non-hydrogen) atoms. The normalized spacial score (nSPS) is 15.7. The lowest BCUT2D eigenvalue weighted by atomic mass is 10.1. The van der Waals surface area contributed by atoms with Crippen LogP contribution in [0.5, 0.6) is 0 Å². The number of imidazole rings is 1. The third-order valence-corrected chi connectivity index (χ3v) is 7.58. The summed E-state index contributed by atoms with van der Waals surface area (Å²) < 4.78 is 86.3. The van der Waals surface area contributed by atoms with E-state index < -0.39 is 45.7 Å². The molecule has 0 amide bonds. The van der Waals surface area contributed by atoms with Crippen molar-refractivity contribution in [3.05, 3.63) is 64.2 Å². The Morgan fingerprint density at radius 2 is 1.76 bits per heavy atom. The van der Waals surface area contributed by atoms with Crippen LogP contribution < -0.4 is 5.69 Å². The molecule has 0 aliphatic carbocycles. The lowest BCUT2D eigenvalue weighted by Gasteiger charge is -2.30. The average molecular weight is 540 g/mol. The van der Waals surface area contributed by atoms with Crippen LogP contribution in [0.1, 0.15) is 36.9 Å². The molecule has 0 spiro atoms. The van der Waals surface area contributed by atoms with Gasteiger partial charge in [-0.05, 0) is 25.0 Å². The summed E-state index contributed by atoms with van der Waals surface area (Å²) in [6, 6.07) is 4.49. The second-order valence-corrected chi connectivity index (χ2v) is 10.7. The number of hydrogen-bond donors (Lipinski definition) is 0. The maximum atomic E-state index is 14.2. The zero-order valence-corrected chi connectivity index (χ0v) is 20.1. The highest BCUT2D eigenvalue weighted by Crippen LogP contribution is 2.28. The van der Waals surface area contributed by atoms with Gasteiger partial charge in [0, 0.05) is 37.5 Å². The average Bonchev–Trinajstić information content (AvgIpc) is 3.44. The lowest BCUT2D eigenvalue weighted by Crippen LogP contribution is -2.40. The van der Waals surface area contributed by atoms with Gasteiger partial charge in [-0.2, -0.15) is 8.78 Å². The minimum atomic E-state index is -3.39. The summed E-state index contributed by atoms with van der Waals surface area (Å²) in [7, 11) is -3.39. The van der Waals surface area contributed by atoms with E-state index in [2.05, 4.69) is 15.2 Å². The molecule has 3 aromatic heterocycles. The molecule has 10 nitrogen and oxygen atoms in total. The molecule has 0 radical (unpaired) electrons. The van der Waals surface area contributed by atoms with Crippen molar-refractivity contribution in [3.63, 3.8) is 0 Å². The highest BCUT2D eigenvalue weighted by atomic mass is 32.2. The smallest absolute Gasteiger partial charge is 0.329 e. The molecule has 0 unspecified atom stereocenters. The zero-order chi connectivity index (χ0) is 26.5. The van der Waals surface area contributed by atoms with Crippen LogP contribution in [-0.2, 0) is 16.6 Å². The van der Waals surface area contributed by atoms with E-state index >= 15 is 0 Å². The van der Waals surface area contributed by atoms with Crippen molar-refractivity contribution in [2.75, 3.05) is 19.3 Å². The number of pyridine rings is 1. The van der Waals surface area contributed by atoms with Gasteiger partial charge in [0.25, 0.3) is 5.89 Å². The van der Waals surface area contributed by atoms with E-state index in [1.807, 2.05) is 0 Å². The summed E-state index contributed by atoms with van der Waals surface area (Å²) in [6.45, 7) is 0.290. The molecular formula is C22H20F4N6O4S. The van der Waals surface area contributed by atoms with Crippen LogP contribution in [0.2, 0.25) is 0 Å². The van der Waals surface area contributed by atoms with Crippen molar-refractivity contribution < 1.29 is 30.4 Å². The number of sulfonamides is 1. The molecule has 0 saturated carbocycles. The Labute approximate surface area is 207 Å². The number of piperidine rings is 1. The Kier molecular flexibility index (Phi) is 6.35. The first-order chi connectivity index (χ1) is 17.5. The maximum Gasteiger partial charge on any atom is 0.329 e. The Hall–Kier alpha value is -3.59. The molecule has 4 heterocycles. The third-order valence-electron chi connectivity index (χ3n) is 6.28. The number of alkyl halides is 2. The van der Waals surface area contributed by atoms with Crippen LogP contribution in [0.15, 0.2) is 39.7 Å². The first kappa shape index (κ1) is 25.1. The molecule has 15 heteroatoms. The van der Waals surface area contributed by atoms with Gasteiger partial charge < -0.3 is 4.42 Å². The van der Waals surface area contributed by atoms with Crippen LogP contribution in [0.4, 0.5) is 17.6 Å². The fraction of sp³-hybridized carbons (Fsp3) is 0.364. The number of fused-ring (bicyclic) bond motifs is 1. The number of hydrogen-bond acceptors (Lipinski definition) is 7. The molecule has 4 aromatic rings. The van der Waals surface area contributed by atoms with Gasteiger partial charge in [0.1, 0.15) is 0 Å². The van der Waals surface area contributed by atoms with E-state index in [0.717, 1.165) is 18.4 Å². The molecule has 5 rings (SSSR count). The largest absolute Gasteiger partial charge is 0.415 e. The molecule has 1 aromatic carbocycles. The van der Waals surface area contributed by atoms with Crippen LogP contribution in [0.3, 0.4) is 0 Å². The molecule has 0 bridgehead atoms. The highest BCUT2D eigenvalue weighted by molar-refractivity contribution is 7.88. The summed E-state index contributed by atoms with van der Waals surface area (Å²) >= 11 is 0. The minimum absolute atomic E-state index is 0.0953. The van der Waals surface area contributed by atoms with Crippen molar-refractivity contribution in [2.24, 2.45) is 0 Å². The molecule has 1 saturated heterocycles. The van der Waals surface area contributed by atoms with Crippen LogP contribution in [-0.4, -0.2) is 56.4 Å². The molecular weight excluding hydrogens is 520 g/mol. The van der Waals surface area contributed by atoms with Crippen LogP contribution in [0, 0.1) is 11.6 Å². The van der Waals surface area contributed by atoms with Gasteiger partial charge in [-0.3, -0.25) is 14.1 Å². The van der Waals surface area contributed by atoms with Gasteiger partial charge in [-0.15, -0.1) is 10.2 Å². The van der Waals surface area contributed by atoms with Gasteiger partial charge >= 0.3 is 12.1 Å². The zero-order valence-electron chi connectivity index (χ0n) is 19.3. The van der Waals surface area contributed by atoms with Gasteiger partial charge in [0.05, 0.1) is 35.1 Å². The first-order valence-corrected chi connectivity index (χ1v) is 13.0. The fourth-order valence-electron chi connectivity index (χ4n) is 4.45. The maximum absolute atomic E-state index is 14.2. The standard InChI is InChI=1S/C22H20F4N6O4S/c1-37(34,35)30-6-4-14(5-7-30)32-18-9-16(24)15(23)8-17(18)31(22(32)33)11-13-3-2-12(10-27-13)20-28-29-21(36-20)19(25)26/h2-3,8-10,14,19H,4-7,11H2,1H3. The van der Waals surface area contributed by atoms with Crippen molar-refractivity contribution in [3.8, 4) is 11.5 Å². The number of rotatable bonds is 6. The summed E-state index contributed by atoms with van der Waals surface area (Å²) in [5.41, 5.74) is 0.462. The SMILES string of the molecule is CS(=O)(=O)N1CCC(n2c(=O)n(Cc3ccc(-c4nnc(C(F)F)o4)cn3)c3cc(F)c(F)cc32)CC1. The molecule has 196 valence electrons. The second-order valence-electron chi connectivity index (χ2n) is 8.67. The van der Waals surface area contributed by atoms with Crippen molar-refractivity contribution in [2.45, 2.75) is 31.9 Å². The topological polar surface area (TPSA) is 116 Å². The predicted molar refractivity (Wildman–Crippen MR) is 122 cm³/mol. The summed E-state index contributed by atoms with van der Waals surface area (Å²) in [5.74, 6) is -3.21. The Morgan fingerprint density at radius 3 is 2.32 bits per heavy atom. The Bertz CT molecular complexity index is 1620. The first-order valence-electron chi connectivity index (χ1n) is 11.1. The van der Waals surface area contributed by atoms with Gasteiger partial charge in [-0.25, -0.2) is 26.3 Å². The van der Waals surface area contributed by atoms with Gasteiger partial charge in [0.15, 0.2) is 11.6 Å². The molecule has 1 aliphatic rings. The van der Waals surface area contributed by atoms with E-state index in [4.69, 9.17) is 4.42 Å². The summed E-state index contributed by atoms with van der Waals surface area (Å²) in [4.78, 5) is 17.7. The van der Waals surface area contributed by atoms with Gasteiger partial charge in [0.2, 0.25) is 15.9 Å². The third kappa shape index (κ3) is 4.75. The van der Waals surface area contributed by atoms with Crippen molar-refractivity contribution in [1.82, 2.24) is 28.6 Å². The molecule has 0 atom stereocenters. The number of aromatic nitrogens is 5. The van der Waals surface area contributed by atoms with Gasteiger partial charge in [-0.1, -0.05) is 0 Å². The van der Waals surface area contributed by atoms with E-state index in [0.29, 0.717) is 18.5 Å². The van der Waals surface area contributed by atoms with E-state index in [-0.39, 0.29) is 42.1 Å². The van der Waals surface area contributed by atoms with E-state index in [1.165, 1.54) is 31.8 Å². The van der Waals surface area contributed by atoms with Crippen LogP contribution >= 0.6 is 0 Å². The van der Waals surface area contributed by atoms with Crippen molar-refractivity contribution in [1.29, 1.82) is 0 Å². The summed E-state index contributed by atoms with van der Waals surface area (Å²) in [6.07, 6.45) is 0.147. The quantitative estimate of drug-likeness (QED) is 0.345. The lowest BCUT2D eigenvalue weighted by molar-refractivity contribution is 0.116. The monoisotopic (exact) mass is 540 g/mol. The molecule has 1 aliphatic heterocycles. The molecule has 1 fully saturated rings. The highest BCUT2D eigenvalue weighted by Gasteiger charge is 2.29. The number of halogens is 4.